The van der Waals surface area contributed by atoms with Gasteiger partial charge in [0.05, 0.1) is 5.69 Å². The average Bonchev–Trinajstić information content (AvgIpc) is 2.96. The summed E-state index contributed by atoms with van der Waals surface area (Å²) in [6.45, 7) is 2.22. The molecule has 0 bridgehead atoms. The summed E-state index contributed by atoms with van der Waals surface area (Å²) < 4.78 is 0. The van der Waals surface area contributed by atoms with Crippen LogP contribution in [0.15, 0.2) is 40.8 Å². The molecule has 0 unspecified atom stereocenters. The van der Waals surface area contributed by atoms with Crippen molar-refractivity contribution >= 4 is 22.7 Å². The van der Waals surface area contributed by atoms with Crippen LogP contribution in [-0.4, -0.2) is 11.2 Å². The van der Waals surface area contributed by atoms with Crippen LogP contribution in [0.25, 0.3) is 11.3 Å². The number of benzene rings is 1. The van der Waals surface area contributed by atoms with Crippen LogP contribution in [0.2, 0.25) is 0 Å². The summed E-state index contributed by atoms with van der Waals surface area (Å²) >= 11 is 1.58. The molecule has 0 radical (unpaired) electrons. The second-order valence-corrected chi connectivity index (χ2v) is 5.53. The Bertz CT molecular complexity index is 520. The lowest BCUT2D eigenvalue weighted by Crippen LogP contribution is -1.89. The van der Waals surface area contributed by atoms with Crippen LogP contribution in [0.5, 0.6) is 0 Å². The molecule has 20 heavy (non-hydrogen) atoms. The zero-order chi connectivity index (χ0) is 14.0. The number of aromatic nitrogens is 1. The molecule has 0 aliphatic heterocycles. The highest BCUT2D eigenvalue weighted by Crippen LogP contribution is 2.24. The largest absolute Gasteiger partial charge is 0.253 e. The second kappa shape index (κ2) is 8.48. The maximum absolute atomic E-state index is 4.52. The third-order valence-corrected chi connectivity index (χ3v) is 3.76. The van der Waals surface area contributed by atoms with E-state index in [4.69, 9.17) is 0 Å². The van der Waals surface area contributed by atoms with Crippen LogP contribution in [0, 0.1) is 0 Å². The molecule has 4 heteroatoms. The zero-order valence-electron chi connectivity index (χ0n) is 11.9. The van der Waals surface area contributed by atoms with E-state index in [2.05, 4.69) is 39.9 Å². The summed E-state index contributed by atoms with van der Waals surface area (Å²) in [4.78, 5) is 4.52. The van der Waals surface area contributed by atoms with Gasteiger partial charge in [-0.2, -0.15) is 5.10 Å². The molecule has 106 valence electrons. The molecule has 3 nitrogen and oxygen atoms in total. The van der Waals surface area contributed by atoms with Crippen molar-refractivity contribution in [3.8, 4) is 11.3 Å². The number of hydrogen-bond donors (Lipinski definition) is 1. The fraction of sp³-hybridized carbons (Fsp3) is 0.375. The highest BCUT2D eigenvalue weighted by Gasteiger charge is 2.02. The van der Waals surface area contributed by atoms with E-state index >= 15 is 0 Å². The Labute approximate surface area is 124 Å². The Kier molecular flexibility index (Phi) is 6.24. The minimum absolute atomic E-state index is 0.841. The van der Waals surface area contributed by atoms with Gasteiger partial charge in [-0.1, -0.05) is 56.5 Å². The van der Waals surface area contributed by atoms with Gasteiger partial charge in [0.15, 0.2) is 0 Å². The SMILES string of the molecule is CCCCCC/C=N/Nc1nc(-c2ccccc2)cs1. The Morgan fingerprint density at radius 1 is 1.20 bits per heavy atom. The van der Waals surface area contributed by atoms with Crippen LogP contribution in [-0.2, 0) is 0 Å². The summed E-state index contributed by atoms with van der Waals surface area (Å²) in [5.41, 5.74) is 5.14. The zero-order valence-corrected chi connectivity index (χ0v) is 12.7. The van der Waals surface area contributed by atoms with Crippen molar-refractivity contribution in [2.24, 2.45) is 5.10 Å². The molecule has 2 rings (SSSR count). The van der Waals surface area contributed by atoms with Crippen molar-refractivity contribution in [3.05, 3.63) is 35.7 Å². The molecule has 0 saturated carbocycles. The topological polar surface area (TPSA) is 37.3 Å². The predicted octanol–water partition coefficient (Wildman–Crippen LogP) is 5.18. The third-order valence-electron chi connectivity index (χ3n) is 3.01. The highest BCUT2D eigenvalue weighted by atomic mass is 32.1. The Balaban J connectivity index is 1.77. The van der Waals surface area contributed by atoms with E-state index in [1.165, 1.54) is 25.7 Å². The van der Waals surface area contributed by atoms with E-state index in [-0.39, 0.29) is 0 Å². The number of anilines is 1. The van der Waals surface area contributed by atoms with Crippen molar-refractivity contribution in [1.82, 2.24) is 4.98 Å². The molecule has 0 atom stereocenters. The fourth-order valence-corrected chi connectivity index (χ4v) is 2.56. The van der Waals surface area contributed by atoms with Gasteiger partial charge in [-0.05, 0) is 12.8 Å². The molecule has 0 aliphatic rings. The summed E-state index contributed by atoms with van der Waals surface area (Å²) in [5.74, 6) is 0. The van der Waals surface area contributed by atoms with E-state index in [0.29, 0.717) is 0 Å². The van der Waals surface area contributed by atoms with Gasteiger partial charge in [-0.25, -0.2) is 4.98 Å². The van der Waals surface area contributed by atoms with E-state index in [0.717, 1.165) is 22.8 Å². The highest BCUT2D eigenvalue weighted by molar-refractivity contribution is 7.14. The average molecular weight is 287 g/mol. The first-order valence-corrected chi connectivity index (χ1v) is 8.06. The summed E-state index contributed by atoms with van der Waals surface area (Å²) in [7, 11) is 0. The molecule has 0 saturated heterocycles. The van der Waals surface area contributed by atoms with Crippen molar-refractivity contribution in [2.75, 3.05) is 5.43 Å². The van der Waals surface area contributed by atoms with Crippen molar-refractivity contribution in [2.45, 2.75) is 39.0 Å². The Morgan fingerprint density at radius 2 is 2.05 bits per heavy atom. The van der Waals surface area contributed by atoms with Crippen LogP contribution < -0.4 is 5.43 Å². The van der Waals surface area contributed by atoms with Crippen molar-refractivity contribution in [1.29, 1.82) is 0 Å². The minimum atomic E-state index is 0.841. The number of hydrogen-bond acceptors (Lipinski definition) is 4. The third kappa shape index (κ3) is 4.78. The molecule has 2 aromatic rings. The van der Waals surface area contributed by atoms with E-state index in [1.807, 2.05) is 24.4 Å². The number of rotatable bonds is 8. The molecule has 0 fully saturated rings. The molecule has 0 amide bonds. The van der Waals surface area contributed by atoms with Gasteiger partial charge in [-0.3, -0.25) is 5.43 Å². The van der Waals surface area contributed by atoms with Crippen LogP contribution in [0.1, 0.15) is 39.0 Å². The molecule has 1 aromatic heterocycles. The van der Waals surface area contributed by atoms with Gasteiger partial charge in [0.2, 0.25) is 5.13 Å². The van der Waals surface area contributed by atoms with E-state index < -0.39 is 0 Å². The standard InChI is InChI=1S/C16H21N3S/c1-2-3-4-5-9-12-17-19-16-18-15(13-20-16)14-10-7-6-8-11-14/h6-8,10-13H,2-5,9H2,1H3,(H,18,19)/b17-12+. The lowest BCUT2D eigenvalue weighted by molar-refractivity contribution is 0.685. The van der Waals surface area contributed by atoms with Gasteiger partial charge in [0.1, 0.15) is 0 Å². The summed E-state index contributed by atoms with van der Waals surface area (Å²) in [5, 5.41) is 7.11. The van der Waals surface area contributed by atoms with Crippen molar-refractivity contribution < 1.29 is 0 Å². The molecule has 0 spiro atoms. The molecule has 1 heterocycles. The molecular weight excluding hydrogens is 266 g/mol. The number of hydrazone groups is 1. The first kappa shape index (κ1) is 14.7. The van der Waals surface area contributed by atoms with Gasteiger partial charge < -0.3 is 0 Å². The molecular formula is C16H21N3S. The van der Waals surface area contributed by atoms with Crippen molar-refractivity contribution in [3.63, 3.8) is 0 Å². The number of unbranched alkanes of at least 4 members (excludes halogenated alkanes) is 4. The summed E-state index contributed by atoms with van der Waals surface area (Å²) in [6.07, 6.45) is 8.07. The monoisotopic (exact) mass is 287 g/mol. The first-order valence-electron chi connectivity index (χ1n) is 7.18. The molecule has 1 aromatic carbocycles. The minimum Gasteiger partial charge on any atom is -0.253 e. The van der Waals surface area contributed by atoms with Gasteiger partial charge in [-0.15, -0.1) is 11.3 Å². The fourth-order valence-electron chi connectivity index (χ4n) is 1.89. The molecule has 1 N–H and O–H groups in total. The molecule has 0 aliphatic carbocycles. The van der Waals surface area contributed by atoms with E-state index in [9.17, 15) is 0 Å². The first-order chi connectivity index (χ1) is 9.90. The maximum atomic E-state index is 4.52. The second-order valence-electron chi connectivity index (χ2n) is 4.68. The summed E-state index contributed by atoms with van der Waals surface area (Å²) in [6, 6.07) is 10.2. The van der Waals surface area contributed by atoms with E-state index in [1.54, 1.807) is 11.3 Å². The Hall–Kier alpha value is -1.68. The van der Waals surface area contributed by atoms with Gasteiger partial charge in [0.25, 0.3) is 0 Å². The normalized spacial score (nSPS) is 11.1. The quantitative estimate of drug-likeness (QED) is 0.413. The van der Waals surface area contributed by atoms with Crippen LogP contribution in [0.3, 0.4) is 0 Å². The van der Waals surface area contributed by atoms with Gasteiger partial charge in [0, 0.05) is 17.2 Å². The predicted molar refractivity (Wildman–Crippen MR) is 88.4 cm³/mol. The number of nitrogens with one attached hydrogen (secondary N) is 1. The maximum Gasteiger partial charge on any atom is 0.203 e. The number of thiazole rings is 1. The lowest BCUT2D eigenvalue weighted by atomic mass is 10.2. The smallest absolute Gasteiger partial charge is 0.203 e. The lowest BCUT2D eigenvalue weighted by Gasteiger charge is -1.96. The number of nitrogens with zero attached hydrogens (tertiary/aromatic N) is 2. The van der Waals surface area contributed by atoms with Crippen LogP contribution in [0.4, 0.5) is 5.13 Å². The van der Waals surface area contributed by atoms with Crippen LogP contribution >= 0.6 is 11.3 Å². The van der Waals surface area contributed by atoms with Gasteiger partial charge >= 0.3 is 0 Å². The Morgan fingerprint density at radius 3 is 2.85 bits per heavy atom.